The van der Waals surface area contributed by atoms with Gasteiger partial charge in [-0.15, -0.1) is 0 Å². The number of rotatable bonds is 2. The van der Waals surface area contributed by atoms with Gasteiger partial charge in [0.05, 0.1) is 23.6 Å². The van der Waals surface area contributed by atoms with Gasteiger partial charge in [-0.2, -0.15) is 0 Å². The van der Waals surface area contributed by atoms with Gasteiger partial charge in [0.15, 0.2) is 14.9 Å². The molecule has 5 nitrogen and oxygen atoms in total. The van der Waals surface area contributed by atoms with E-state index in [2.05, 4.69) is 5.32 Å². The predicted octanol–water partition coefficient (Wildman–Crippen LogP) is 1.80. The Morgan fingerprint density at radius 2 is 1.58 bits per heavy atom. The third-order valence-corrected chi connectivity index (χ3v) is 6.60. The molecule has 0 bridgehead atoms. The van der Waals surface area contributed by atoms with E-state index in [1.54, 1.807) is 0 Å². The fourth-order valence-corrected chi connectivity index (χ4v) is 5.68. The van der Waals surface area contributed by atoms with Crippen molar-refractivity contribution in [3.05, 3.63) is 48.5 Å². The highest BCUT2D eigenvalue weighted by Crippen LogP contribution is 2.31. The number of nitrogens with two attached hydrogens (primary N) is 1. The first-order valence-electron chi connectivity index (χ1n) is 7.69. The van der Waals surface area contributed by atoms with Crippen LogP contribution in [0.5, 0.6) is 0 Å². The molecule has 0 spiro atoms. The van der Waals surface area contributed by atoms with Crippen molar-refractivity contribution in [2.45, 2.75) is 12.1 Å². The Hall–Kier alpha value is -2.12. The number of benzene rings is 2. The lowest BCUT2D eigenvalue weighted by Gasteiger charge is -2.23. The van der Waals surface area contributed by atoms with Gasteiger partial charge in [-0.3, -0.25) is 0 Å². The van der Waals surface area contributed by atoms with E-state index in [9.17, 15) is 8.42 Å². The van der Waals surface area contributed by atoms with Crippen LogP contribution in [0.2, 0.25) is 0 Å². The van der Waals surface area contributed by atoms with Crippen LogP contribution in [0.25, 0.3) is 11.1 Å². The van der Waals surface area contributed by atoms with Crippen LogP contribution in [0.1, 0.15) is 0 Å². The van der Waals surface area contributed by atoms with Gasteiger partial charge in [-0.05, 0) is 47.6 Å². The molecule has 24 heavy (non-hydrogen) atoms. The first-order chi connectivity index (χ1) is 11.4. The van der Waals surface area contributed by atoms with E-state index >= 15 is 0 Å². The van der Waals surface area contributed by atoms with Crippen LogP contribution < -0.4 is 16.0 Å². The first kappa shape index (κ1) is 15.4. The third kappa shape index (κ3) is 2.63. The molecule has 2 aromatic rings. The smallest absolute Gasteiger partial charge is 0.174 e. The van der Waals surface area contributed by atoms with E-state index in [4.69, 9.17) is 18.0 Å². The van der Waals surface area contributed by atoms with E-state index in [1.165, 1.54) is 0 Å². The fourth-order valence-electron chi connectivity index (χ4n) is 3.40. The van der Waals surface area contributed by atoms with E-state index in [1.807, 2.05) is 53.4 Å². The molecule has 0 aromatic heterocycles. The molecule has 0 amide bonds. The molecule has 2 heterocycles. The second-order valence-electron chi connectivity index (χ2n) is 6.24. The molecule has 124 valence electrons. The van der Waals surface area contributed by atoms with Crippen LogP contribution in [0.15, 0.2) is 48.5 Å². The second kappa shape index (κ2) is 5.46. The summed E-state index contributed by atoms with van der Waals surface area (Å²) in [6.07, 6.45) is 0. The Kier molecular flexibility index (Phi) is 3.51. The van der Waals surface area contributed by atoms with Gasteiger partial charge in [0.2, 0.25) is 0 Å². The van der Waals surface area contributed by atoms with Crippen LogP contribution >= 0.6 is 12.2 Å². The average molecular weight is 359 g/mol. The normalized spacial score (nSPS) is 24.7. The highest BCUT2D eigenvalue weighted by molar-refractivity contribution is 7.91. The van der Waals surface area contributed by atoms with Crippen molar-refractivity contribution in [2.75, 3.05) is 22.1 Å². The number of nitrogens with one attached hydrogen (secondary N) is 1. The first-order valence-corrected chi connectivity index (χ1v) is 9.92. The molecule has 2 saturated heterocycles. The second-order valence-corrected chi connectivity index (χ2v) is 8.78. The Morgan fingerprint density at radius 1 is 1.00 bits per heavy atom. The minimum absolute atomic E-state index is 0.112. The third-order valence-electron chi connectivity index (χ3n) is 4.57. The Morgan fingerprint density at radius 3 is 2.21 bits per heavy atom. The minimum atomic E-state index is -3.00. The molecular formula is C17H17N3O2S2. The number of nitrogen functional groups attached to an aromatic ring is 1. The molecule has 2 aromatic carbocycles. The maximum absolute atomic E-state index is 11.9. The van der Waals surface area contributed by atoms with Crippen LogP contribution in [-0.4, -0.2) is 37.1 Å². The van der Waals surface area contributed by atoms with Crippen LogP contribution in [0, 0.1) is 0 Å². The molecule has 0 unspecified atom stereocenters. The van der Waals surface area contributed by atoms with Crippen molar-refractivity contribution >= 4 is 38.5 Å². The summed E-state index contributed by atoms with van der Waals surface area (Å²) in [5.74, 6) is 0.294. The number of sulfone groups is 1. The van der Waals surface area contributed by atoms with E-state index < -0.39 is 9.84 Å². The number of anilines is 2. The van der Waals surface area contributed by atoms with E-state index in [0.717, 1.165) is 22.5 Å². The average Bonchev–Trinajstić information content (AvgIpc) is 2.98. The van der Waals surface area contributed by atoms with E-state index in [0.29, 0.717) is 5.11 Å². The molecule has 4 rings (SSSR count). The lowest BCUT2D eigenvalue weighted by molar-refractivity contribution is 0.600. The highest BCUT2D eigenvalue weighted by atomic mass is 32.2. The van der Waals surface area contributed by atoms with Gasteiger partial charge in [-0.25, -0.2) is 8.42 Å². The summed E-state index contributed by atoms with van der Waals surface area (Å²) < 4.78 is 23.7. The highest BCUT2D eigenvalue weighted by Gasteiger charge is 2.47. The monoisotopic (exact) mass is 359 g/mol. The van der Waals surface area contributed by atoms with E-state index in [-0.39, 0.29) is 23.6 Å². The largest absolute Gasteiger partial charge is 0.399 e. The number of hydrogen-bond acceptors (Lipinski definition) is 4. The van der Waals surface area contributed by atoms with Crippen molar-refractivity contribution in [1.82, 2.24) is 5.32 Å². The molecule has 7 heteroatoms. The zero-order valence-electron chi connectivity index (χ0n) is 12.8. The standard InChI is InChI=1S/C17H17N3O2S2/c18-13-5-1-11(2-6-13)12-3-7-14(8-4-12)20-16-10-24(21,22)9-15(16)19-17(20)23/h1-8,15-16H,9-10,18H2,(H,19,23)/t15-,16+/m1/s1. The quantitative estimate of drug-likeness (QED) is 0.629. The molecular weight excluding hydrogens is 342 g/mol. The topological polar surface area (TPSA) is 75.4 Å². The van der Waals surface area contributed by atoms with Gasteiger partial charge in [0, 0.05) is 11.4 Å². The lowest BCUT2D eigenvalue weighted by Crippen LogP contribution is -2.36. The zero-order chi connectivity index (χ0) is 16.9. The maximum atomic E-state index is 11.9. The summed E-state index contributed by atoms with van der Waals surface area (Å²) in [4.78, 5) is 1.93. The summed E-state index contributed by atoms with van der Waals surface area (Å²) in [5, 5.41) is 3.73. The summed E-state index contributed by atoms with van der Waals surface area (Å²) in [7, 11) is -3.00. The van der Waals surface area contributed by atoms with Gasteiger partial charge >= 0.3 is 0 Å². The van der Waals surface area contributed by atoms with Gasteiger partial charge in [0.1, 0.15) is 0 Å². The van der Waals surface area contributed by atoms with Crippen LogP contribution in [0.3, 0.4) is 0 Å². The predicted molar refractivity (Wildman–Crippen MR) is 101 cm³/mol. The van der Waals surface area contributed by atoms with Crippen LogP contribution in [-0.2, 0) is 9.84 Å². The van der Waals surface area contributed by atoms with Crippen molar-refractivity contribution in [3.8, 4) is 11.1 Å². The summed E-state index contributed by atoms with van der Waals surface area (Å²) >= 11 is 5.40. The maximum Gasteiger partial charge on any atom is 0.174 e. The minimum Gasteiger partial charge on any atom is -0.399 e. The summed E-state index contributed by atoms with van der Waals surface area (Å²) in [6, 6.07) is 15.5. The zero-order valence-corrected chi connectivity index (χ0v) is 14.5. The fraction of sp³-hybridized carbons (Fsp3) is 0.235. The summed E-state index contributed by atoms with van der Waals surface area (Å²) in [6.45, 7) is 0. The molecule has 3 N–H and O–H groups in total. The Bertz CT molecular complexity index is 892. The van der Waals surface area contributed by atoms with Crippen molar-refractivity contribution < 1.29 is 8.42 Å². The number of fused-ring (bicyclic) bond motifs is 1. The Labute approximate surface area is 146 Å². The number of nitrogens with zero attached hydrogens (tertiary/aromatic N) is 1. The number of hydrogen-bond donors (Lipinski definition) is 2. The molecule has 2 atom stereocenters. The molecule has 0 saturated carbocycles. The SMILES string of the molecule is Nc1ccc(-c2ccc(N3C(=S)N[C@@H]4CS(=O)(=O)C[C@@H]43)cc2)cc1. The summed E-state index contributed by atoms with van der Waals surface area (Å²) in [5.41, 5.74) is 9.53. The lowest BCUT2D eigenvalue weighted by atomic mass is 10.0. The van der Waals surface area contributed by atoms with Crippen molar-refractivity contribution in [1.29, 1.82) is 0 Å². The Balaban J connectivity index is 1.63. The van der Waals surface area contributed by atoms with Crippen molar-refractivity contribution in [2.24, 2.45) is 0 Å². The van der Waals surface area contributed by atoms with Gasteiger partial charge in [-0.1, -0.05) is 24.3 Å². The van der Waals surface area contributed by atoms with Crippen LogP contribution in [0.4, 0.5) is 11.4 Å². The molecule has 2 aliphatic heterocycles. The van der Waals surface area contributed by atoms with Gasteiger partial charge < -0.3 is 16.0 Å². The molecule has 0 radical (unpaired) electrons. The molecule has 0 aliphatic carbocycles. The van der Waals surface area contributed by atoms with Crippen molar-refractivity contribution in [3.63, 3.8) is 0 Å². The molecule has 2 aliphatic rings. The molecule has 2 fully saturated rings. The van der Waals surface area contributed by atoms with Gasteiger partial charge in [0.25, 0.3) is 0 Å². The number of thiocarbonyl (C=S) groups is 1.